The van der Waals surface area contributed by atoms with E-state index in [4.69, 9.17) is 8.83 Å². The summed E-state index contributed by atoms with van der Waals surface area (Å²) in [6, 6.07) is 19.5. The number of pyridine rings is 1. The van der Waals surface area contributed by atoms with Gasteiger partial charge < -0.3 is 19.3 Å². The Balaban J connectivity index is 1.62. The predicted octanol–water partition coefficient (Wildman–Crippen LogP) is 5.62. The van der Waals surface area contributed by atoms with E-state index >= 15 is 0 Å². The van der Waals surface area contributed by atoms with E-state index < -0.39 is 21.7 Å². The van der Waals surface area contributed by atoms with E-state index in [0.717, 1.165) is 6.26 Å². The minimum absolute atomic E-state index is 0.00183. The number of hydrogen-bond acceptors (Lipinski definition) is 8. The van der Waals surface area contributed by atoms with E-state index in [9.17, 15) is 22.7 Å². The van der Waals surface area contributed by atoms with Crippen LogP contribution in [0.4, 0.5) is 10.1 Å². The monoisotopic (exact) mass is 614 g/mol. The number of oxazole rings is 1. The average molecular weight is 615 g/mol. The lowest BCUT2D eigenvalue weighted by Gasteiger charge is -2.25. The molecule has 0 aliphatic rings. The molecule has 0 unspecified atom stereocenters. The topological polar surface area (TPSA) is 139 Å². The van der Waals surface area contributed by atoms with Gasteiger partial charge in [-0.15, -0.1) is 0 Å². The summed E-state index contributed by atoms with van der Waals surface area (Å²) < 4.78 is 53.3. The van der Waals surface area contributed by atoms with E-state index in [1.54, 1.807) is 36.5 Å². The van der Waals surface area contributed by atoms with Gasteiger partial charge in [-0.25, -0.2) is 17.8 Å². The number of carbonyl (C=O) groups excluding carboxylic acids is 1. The van der Waals surface area contributed by atoms with Crippen molar-refractivity contribution in [3.63, 3.8) is 0 Å². The maximum absolute atomic E-state index is 13.7. The zero-order chi connectivity index (χ0) is 31.0. The molecule has 2 N–H and O–H groups in total. The quantitative estimate of drug-likeness (QED) is 0.214. The van der Waals surface area contributed by atoms with Crippen molar-refractivity contribution in [3.05, 3.63) is 90.4 Å². The molecule has 44 heavy (non-hydrogen) atoms. The van der Waals surface area contributed by atoms with Gasteiger partial charge in [-0.2, -0.15) is 4.98 Å². The number of benzene rings is 3. The Morgan fingerprint density at radius 3 is 2.45 bits per heavy atom. The highest BCUT2D eigenvalue weighted by Crippen LogP contribution is 2.42. The van der Waals surface area contributed by atoms with Gasteiger partial charge in [0.25, 0.3) is 5.91 Å². The third-order valence-corrected chi connectivity index (χ3v) is 8.32. The smallest absolute Gasteiger partial charge is 0.255 e. The number of sulfonamides is 1. The second kappa shape index (κ2) is 11.5. The highest BCUT2D eigenvalue weighted by molar-refractivity contribution is 7.92. The molecular formula is C32H27FN4O6S. The van der Waals surface area contributed by atoms with Crippen LogP contribution in [0.15, 0.2) is 87.8 Å². The number of fused-ring (bicyclic) bond motifs is 2. The van der Waals surface area contributed by atoms with Gasteiger partial charge in [0.1, 0.15) is 17.2 Å². The summed E-state index contributed by atoms with van der Waals surface area (Å²) in [4.78, 5) is 22.0. The van der Waals surface area contributed by atoms with Gasteiger partial charge >= 0.3 is 0 Å². The van der Waals surface area contributed by atoms with Crippen LogP contribution in [0.2, 0.25) is 0 Å². The van der Waals surface area contributed by atoms with Gasteiger partial charge in [0, 0.05) is 54.5 Å². The van der Waals surface area contributed by atoms with Crippen LogP contribution in [0.5, 0.6) is 0 Å². The van der Waals surface area contributed by atoms with Gasteiger partial charge in [0.2, 0.25) is 15.9 Å². The van der Waals surface area contributed by atoms with Crippen molar-refractivity contribution in [2.45, 2.75) is 6.42 Å². The number of aliphatic hydroxyl groups excluding tert-OH is 1. The van der Waals surface area contributed by atoms with E-state index in [-0.39, 0.29) is 42.2 Å². The van der Waals surface area contributed by atoms with E-state index in [0.29, 0.717) is 44.8 Å². The first-order chi connectivity index (χ1) is 21.2. The van der Waals surface area contributed by atoms with Gasteiger partial charge in [-0.05, 0) is 66.6 Å². The largest absolute Gasteiger partial charge is 0.455 e. The fourth-order valence-corrected chi connectivity index (χ4v) is 6.09. The summed E-state index contributed by atoms with van der Waals surface area (Å²) in [5.41, 5.74) is 3.90. The fourth-order valence-electron chi connectivity index (χ4n) is 5.12. The molecule has 6 aromatic rings. The predicted molar refractivity (Wildman–Crippen MR) is 165 cm³/mol. The maximum atomic E-state index is 13.7. The van der Waals surface area contributed by atoms with Gasteiger partial charge in [0.15, 0.2) is 11.2 Å². The molecule has 0 spiro atoms. The number of aromatic nitrogens is 2. The minimum Gasteiger partial charge on any atom is -0.455 e. The summed E-state index contributed by atoms with van der Waals surface area (Å²) in [5.74, 6) is -0.346. The lowest BCUT2D eigenvalue weighted by atomic mass is 9.97. The first-order valence-electron chi connectivity index (χ1n) is 13.7. The van der Waals surface area contributed by atoms with Crippen molar-refractivity contribution in [1.29, 1.82) is 0 Å². The van der Waals surface area contributed by atoms with Crippen LogP contribution < -0.4 is 9.62 Å². The Kier molecular flexibility index (Phi) is 7.62. The summed E-state index contributed by atoms with van der Waals surface area (Å²) >= 11 is 0. The molecule has 0 aliphatic heterocycles. The molecule has 0 atom stereocenters. The number of aliphatic hydroxyl groups is 1. The van der Waals surface area contributed by atoms with Crippen LogP contribution >= 0.6 is 0 Å². The lowest BCUT2D eigenvalue weighted by molar-refractivity contribution is 0.0964. The Hall–Kier alpha value is -5.07. The number of carbonyl (C=O) groups is 1. The Morgan fingerprint density at radius 1 is 0.977 bits per heavy atom. The van der Waals surface area contributed by atoms with Crippen molar-refractivity contribution in [2.75, 3.05) is 30.8 Å². The maximum Gasteiger partial charge on any atom is 0.255 e. The number of amides is 1. The second-order valence-corrected chi connectivity index (χ2v) is 12.0. The highest BCUT2D eigenvalue weighted by atomic mass is 32.2. The molecule has 0 radical (unpaired) electrons. The van der Waals surface area contributed by atoms with Crippen molar-refractivity contribution in [2.24, 2.45) is 0 Å². The molecule has 0 saturated carbocycles. The van der Waals surface area contributed by atoms with Crippen molar-refractivity contribution in [1.82, 2.24) is 15.3 Å². The van der Waals surface area contributed by atoms with Crippen LogP contribution in [0.25, 0.3) is 56.1 Å². The molecule has 3 heterocycles. The lowest BCUT2D eigenvalue weighted by Crippen LogP contribution is -2.31. The van der Waals surface area contributed by atoms with Crippen molar-refractivity contribution < 1.29 is 31.5 Å². The molecule has 0 bridgehead atoms. The number of nitrogens with zero attached hydrogens (tertiary/aromatic N) is 3. The summed E-state index contributed by atoms with van der Waals surface area (Å²) in [5, 5.41) is 12.6. The first-order valence-corrected chi connectivity index (χ1v) is 15.5. The first kappa shape index (κ1) is 29.0. The van der Waals surface area contributed by atoms with Crippen molar-refractivity contribution >= 4 is 43.8 Å². The Morgan fingerprint density at radius 2 is 1.75 bits per heavy atom. The Labute approximate surface area is 251 Å². The standard InChI is InChI=1S/C32H27FN4O6S/c1-34-31(39)28-24-17-23(20-6-3-7-21(16-20)32-36-30-26(43-32)8-4-13-35-30)25(37(14-5-15-38)44(2,40)41)18-27(24)42-29(28)19-9-11-22(33)12-10-19/h3-4,6-13,16-18,38H,5,14-15H2,1-2H3,(H,34,39). The highest BCUT2D eigenvalue weighted by Gasteiger charge is 2.27. The van der Waals surface area contributed by atoms with Gasteiger partial charge in [-0.1, -0.05) is 12.1 Å². The van der Waals surface area contributed by atoms with Crippen LogP contribution in [-0.4, -0.2) is 55.9 Å². The molecule has 10 nitrogen and oxygen atoms in total. The molecular weight excluding hydrogens is 587 g/mol. The molecule has 0 aliphatic carbocycles. The molecule has 224 valence electrons. The van der Waals surface area contributed by atoms with E-state index in [2.05, 4.69) is 15.3 Å². The molecule has 0 saturated heterocycles. The third-order valence-electron chi connectivity index (χ3n) is 7.14. The van der Waals surface area contributed by atoms with Crippen LogP contribution in [0, 0.1) is 5.82 Å². The van der Waals surface area contributed by atoms with Crippen LogP contribution in [-0.2, 0) is 10.0 Å². The number of halogens is 1. The van der Waals surface area contributed by atoms with Crippen molar-refractivity contribution in [3.8, 4) is 33.9 Å². The molecule has 0 fully saturated rings. The molecule has 3 aromatic carbocycles. The summed E-state index contributed by atoms with van der Waals surface area (Å²) in [6.07, 6.45) is 2.89. The number of anilines is 1. The molecule has 12 heteroatoms. The molecule has 6 rings (SSSR count). The van der Waals surface area contributed by atoms with Crippen LogP contribution in [0.1, 0.15) is 16.8 Å². The summed E-state index contributed by atoms with van der Waals surface area (Å²) in [6.45, 7) is -0.223. The van der Waals surface area contributed by atoms with Crippen LogP contribution in [0.3, 0.4) is 0 Å². The second-order valence-electron chi connectivity index (χ2n) is 10.1. The SMILES string of the molecule is CNC(=O)c1c(-c2ccc(F)cc2)oc2cc(N(CCCO)S(C)(=O)=O)c(-c3cccc(-c4nc5ncccc5o4)c3)cc12. The van der Waals surface area contributed by atoms with Gasteiger partial charge in [-0.3, -0.25) is 9.10 Å². The van der Waals surface area contributed by atoms with E-state index in [1.807, 2.05) is 18.2 Å². The number of nitrogens with one attached hydrogen (secondary N) is 1. The molecule has 1 amide bonds. The zero-order valence-electron chi connectivity index (χ0n) is 23.7. The van der Waals surface area contributed by atoms with Gasteiger partial charge in [0.05, 0.1) is 17.5 Å². The molecule has 3 aromatic heterocycles. The summed E-state index contributed by atoms with van der Waals surface area (Å²) in [7, 11) is -2.34. The fraction of sp³-hybridized carbons (Fsp3) is 0.156. The Bertz CT molecular complexity index is 2090. The third kappa shape index (κ3) is 5.40. The zero-order valence-corrected chi connectivity index (χ0v) is 24.6. The minimum atomic E-state index is -3.83. The number of hydrogen-bond donors (Lipinski definition) is 2. The number of furan rings is 1. The average Bonchev–Trinajstić information content (AvgIpc) is 3.62. The normalized spacial score (nSPS) is 11.7. The number of rotatable bonds is 9. The van der Waals surface area contributed by atoms with E-state index in [1.165, 1.54) is 35.6 Å².